The lowest BCUT2D eigenvalue weighted by Crippen LogP contribution is -2.56. The largest absolute Gasteiger partial charge is 0.483 e. The molecule has 1 aromatic carbocycles. The van der Waals surface area contributed by atoms with Crippen molar-refractivity contribution in [1.82, 2.24) is 5.32 Å². The number of urea groups is 1. The number of carbonyl (C=O) groups is 2. The lowest BCUT2D eigenvalue weighted by molar-refractivity contribution is -0.123. The molecule has 1 aliphatic rings. The Morgan fingerprint density at radius 1 is 1.16 bits per heavy atom. The second-order valence-electron chi connectivity index (χ2n) is 6.10. The van der Waals surface area contributed by atoms with Crippen LogP contribution >= 0.6 is 0 Å². The fourth-order valence-corrected chi connectivity index (χ4v) is 3.02. The van der Waals surface area contributed by atoms with E-state index in [1.165, 1.54) is 0 Å². The van der Waals surface area contributed by atoms with E-state index in [0.29, 0.717) is 30.0 Å². The minimum Gasteiger partial charge on any atom is -0.483 e. The van der Waals surface area contributed by atoms with Crippen LogP contribution in [0.1, 0.15) is 31.4 Å². The smallest absolute Gasteiger partial charge is 0.320 e. The van der Waals surface area contributed by atoms with E-state index in [1.54, 1.807) is 36.6 Å². The highest BCUT2D eigenvalue weighted by Crippen LogP contribution is 2.30. The van der Waals surface area contributed by atoms with Crippen LogP contribution in [0.2, 0.25) is 0 Å². The molecule has 1 saturated carbocycles. The molecule has 25 heavy (non-hydrogen) atoms. The summed E-state index contributed by atoms with van der Waals surface area (Å²) in [7, 11) is 0. The number of nitrogens with two attached hydrogens (primary N) is 1. The van der Waals surface area contributed by atoms with E-state index < -0.39 is 17.5 Å². The Labute approximate surface area is 145 Å². The van der Waals surface area contributed by atoms with Crippen LogP contribution in [0.5, 0.6) is 5.75 Å². The van der Waals surface area contributed by atoms with Gasteiger partial charge in [0.25, 0.3) is 0 Å². The first-order chi connectivity index (χ1) is 12.1. The molecule has 0 spiro atoms. The summed E-state index contributed by atoms with van der Waals surface area (Å²) >= 11 is 0. The van der Waals surface area contributed by atoms with Gasteiger partial charge in [-0.25, -0.2) is 4.79 Å². The van der Waals surface area contributed by atoms with Crippen LogP contribution in [0.25, 0.3) is 0 Å². The number of anilines is 1. The number of ether oxygens (including phenoxy) is 1. The molecule has 0 unspecified atom stereocenters. The molecule has 0 aliphatic heterocycles. The molecular formula is C18H21N3O4. The van der Waals surface area contributed by atoms with Gasteiger partial charge in [-0.15, -0.1) is 0 Å². The van der Waals surface area contributed by atoms with Crippen LogP contribution in [0.3, 0.4) is 0 Å². The summed E-state index contributed by atoms with van der Waals surface area (Å²) in [5.74, 6) is 0.689. The molecule has 1 fully saturated rings. The molecule has 3 amide bonds. The monoisotopic (exact) mass is 343 g/mol. The summed E-state index contributed by atoms with van der Waals surface area (Å²) in [4.78, 5) is 24.1. The number of furan rings is 1. The number of rotatable bonds is 6. The van der Waals surface area contributed by atoms with Crippen LogP contribution < -0.4 is 21.1 Å². The maximum Gasteiger partial charge on any atom is 0.320 e. The summed E-state index contributed by atoms with van der Waals surface area (Å²) in [6.45, 7) is 0.249. The van der Waals surface area contributed by atoms with E-state index in [1.807, 2.05) is 6.07 Å². The Balaban J connectivity index is 1.65. The molecule has 0 saturated heterocycles. The molecule has 0 atom stereocenters. The zero-order chi connectivity index (χ0) is 17.7. The van der Waals surface area contributed by atoms with Gasteiger partial charge in [-0.3, -0.25) is 4.79 Å². The number of hydrogen-bond acceptors (Lipinski definition) is 4. The second kappa shape index (κ2) is 7.29. The highest BCUT2D eigenvalue weighted by molar-refractivity contribution is 5.96. The quantitative estimate of drug-likeness (QED) is 0.749. The van der Waals surface area contributed by atoms with Gasteiger partial charge in [0, 0.05) is 0 Å². The number of nitrogens with one attached hydrogen (secondary N) is 2. The van der Waals surface area contributed by atoms with Crippen molar-refractivity contribution in [2.45, 2.75) is 37.8 Å². The third-order valence-electron chi connectivity index (χ3n) is 4.37. The minimum atomic E-state index is -0.964. The number of para-hydroxylation sites is 2. The Morgan fingerprint density at radius 3 is 2.60 bits per heavy atom. The van der Waals surface area contributed by atoms with Gasteiger partial charge in [-0.1, -0.05) is 25.0 Å². The van der Waals surface area contributed by atoms with E-state index in [0.717, 1.165) is 12.8 Å². The van der Waals surface area contributed by atoms with Crippen molar-refractivity contribution < 1.29 is 18.7 Å². The Hall–Kier alpha value is -2.96. The topological polar surface area (TPSA) is 107 Å². The van der Waals surface area contributed by atoms with Gasteiger partial charge in [0.2, 0.25) is 5.91 Å². The lowest BCUT2D eigenvalue weighted by atomic mass is 9.97. The van der Waals surface area contributed by atoms with Crippen LogP contribution in [-0.2, 0) is 11.4 Å². The molecule has 0 bridgehead atoms. The Morgan fingerprint density at radius 2 is 1.92 bits per heavy atom. The average Bonchev–Trinajstić information content (AvgIpc) is 3.26. The predicted octanol–water partition coefficient (Wildman–Crippen LogP) is 2.78. The Kier molecular flexibility index (Phi) is 4.92. The SMILES string of the molecule is NC(=O)C1(NC(=O)Nc2ccccc2OCc2ccco2)CCCC1. The summed E-state index contributed by atoms with van der Waals surface area (Å²) in [5.41, 5.74) is 5.03. The average molecular weight is 343 g/mol. The molecular weight excluding hydrogens is 322 g/mol. The molecule has 7 heteroatoms. The minimum absolute atomic E-state index is 0.249. The number of primary amides is 1. The van der Waals surface area contributed by atoms with E-state index in [9.17, 15) is 9.59 Å². The first kappa shape index (κ1) is 16.9. The van der Waals surface area contributed by atoms with Crippen LogP contribution in [0, 0.1) is 0 Å². The van der Waals surface area contributed by atoms with Crippen molar-refractivity contribution in [2.75, 3.05) is 5.32 Å². The summed E-state index contributed by atoms with van der Waals surface area (Å²) in [6, 6.07) is 10.2. The molecule has 2 aromatic rings. The third-order valence-corrected chi connectivity index (χ3v) is 4.37. The second-order valence-corrected chi connectivity index (χ2v) is 6.10. The van der Waals surface area contributed by atoms with Gasteiger partial charge in [0.1, 0.15) is 23.7 Å². The zero-order valence-corrected chi connectivity index (χ0v) is 13.8. The van der Waals surface area contributed by atoms with Gasteiger partial charge >= 0.3 is 6.03 Å². The zero-order valence-electron chi connectivity index (χ0n) is 13.8. The van der Waals surface area contributed by atoms with Crippen LogP contribution in [-0.4, -0.2) is 17.5 Å². The Bertz CT molecular complexity index is 737. The third kappa shape index (κ3) is 3.93. The summed E-state index contributed by atoms with van der Waals surface area (Å²) < 4.78 is 10.9. The van der Waals surface area contributed by atoms with Gasteiger partial charge in [0.15, 0.2) is 0 Å². The molecule has 132 valence electrons. The van der Waals surface area contributed by atoms with Crippen LogP contribution in [0.4, 0.5) is 10.5 Å². The molecule has 1 aliphatic carbocycles. The molecule has 0 radical (unpaired) electrons. The maximum atomic E-state index is 12.4. The van der Waals surface area contributed by atoms with E-state index in [-0.39, 0.29) is 6.61 Å². The van der Waals surface area contributed by atoms with Crippen molar-refractivity contribution in [3.8, 4) is 5.75 Å². The molecule has 3 rings (SSSR count). The van der Waals surface area contributed by atoms with Gasteiger partial charge in [-0.2, -0.15) is 0 Å². The van der Waals surface area contributed by atoms with E-state index in [4.69, 9.17) is 14.9 Å². The lowest BCUT2D eigenvalue weighted by Gasteiger charge is -2.26. The predicted molar refractivity (Wildman–Crippen MR) is 92.0 cm³/mol. The fraction of sp³-hybridized carbons (Fsp3) is 0.333. The van der Waals surface area contributed by atoms with E-state index >= 15 is 0 Å². The molecule has 1 heterocycles. The maximum absolute atomic E-state index is 12.4. The number of benzene rings is 1. The number of amides is 3. The van der Waals surface area contributed by atoms with Gasteiger partial charge < -0.3 is 25.5 Å². The van der Waals surface area contributed by atoms with Gasteiger partial charge in [-0.05, 0) is 37.1 Å². The first-order valence-corrected chi connectivity index (χ1v) is 8.22. The normalized spacial score (nSPS) is 15.5. The summed E-state index contributed by atoms with van der Waals surface area (Å²) in [6.07, 6.45) is 4.43. The van der Waals surface area contributed by atoms with Crippen molar-refractivity contribution in [3.05, 3.63) is 48.4 Å². The van der Waals surface area contributed by atoms with E-state index in [2.05, 4.69) is 10.6 Å². The number of carbonyl (C=O) groups excluding carboxylic acids is 2. The van der Waals surface area contributed by atoms with Crippen molar-refractivity contribution in [1.29, 1.82) is 0 Å². The van der Waals surface area contributed by atoms with Gasteiger partial charge in [0.05, 0.1) is 12.0 Å². The van der Waals surface area contributed by atoms with Crippen molar-refractivity contribution >= 4 is 17.6 Å². The summed E-state index contributed by atoms with van der Waals surface area (Å²) in [5, 5.41) is 5.47. The van der Waals surface area contributed by atoms with Crippen molar-refractivity contribution in [3.63, 3.8) is 0 Å². The fourth-order valence-electron chi connectivity index (χ4n) is 3.02. The highest BCUT2D eigenvalue weighted by Gasteiger charge is 2.41. The molecule has 4 N–H and O–H groups in total. The van der Waals surface area contributed by atoms with Crippen molar-refractivity contribution in [2.24, 2.45) is 5.73 Å². The standard InChI is InChI=1S/C18H21N3O4/c19-16(22)18(9-3-4-10-18)21-17(23)20-14-7-1-2-8-15(14)25-12-13-6-5-11-24-13/h1-2,5-8,11H,3-4,9-10,12H2,(H2,19,22)(H2,20,21,23). The molecule has 7 nitrogen and oxygen atoms in total. The highest BCUT2D eigenvalue weighted by atomic mass is 16.5. The van der Waals surface area contributed by atoms with Crippen LogP contribution in [0.15, 0.2) is 47.1 Å². The molecule has 1 aromatic heterocycles. The first-order valence-electron chi connectivity index (χ1n) is 8.22. The number of hydrogen-bond donors (Lipinski definition) is 3.